The first-order chi connectivity index (χ1) is 10.7. The molecule has 3 rings (SSSR count). The van der Waals surface area contributed by atoms with E-state index in [1.807, 2.05) is 11.0 Å². The molecule has 6 heteroatoms. The van der Waals surface area contributed by atoms with Crippen LogP contribution in [0.15, 0.2) is 28.9 Å². The molecule has 0 aliphatic carbocycles. The molecule has 22 heavy (non-hydrogen) atoms. The van der Waals surface area contributed by atoms with Crippen LogP contribution in [0, 0.1) is 0 Å². The normalized spacial score (nSPS) is 18.6. The van der Waals surface area contributed by atoms with Crippen molar-refractivity contribution in [1.29, 1.82) is 0 Å². The van der Waals surface area contributed by atoms with Crippen molar-refractivity contribution in [1.82, 2.24) is 14.7 Å². The van der Waals surface area contributed by atoms with E-state index in [0.29, 0.717) is 29.1 Å². The molecular weight excluding hydrogens is 302 g/mol. The first-order valence-corrected chi connectivity index (χ1v) is 8.13. The van der Waals surface area contributed by atoms with Gasteiger partial charge in [-0.2, -0.15) is 5.10 Å². The minimum Gasteiger partial charge on any atom is -0.454 e. The molecule has 0 bridgehead atoms. The van der Waals surface area contributed by atoms with E-state index in [2.05, 4.69) is 12.0 Å². The van der Waals surface area contributed by atoms with Gasteiger partial charge in [-0.1, -0.05) is 18.5 Å². The molecule has 1 aliphatic heterocycles. The Bertz CT molecular complexity index is 649. The number of carbonyl (C=O) groups excluding carboxylic acids is 1. The fourth-order valence-electron chi connectivity index (χ4n) is 3.00. The van der Waals surface area contributed by atoms with E-state index >= 15 is 0 Å². The first kappa shape index (κ1) is 15.2. The lowest BCUT2D eigenvalue weighted by Crippen LogP contribution is -2.43. The number of hydrogen-bond acceptors (Lipinski definition) is 3. The predicted molar refractivity (Wildman–Crippen MR) is 84.0 cm³/mol. The van der Waals surface area contributed by atoms with Crippen molar-refractivity contribution in [3.63, 3.8) is 0 Å². The molecular formula is C16H20ClN3O2. The van der Waals surface area contributed by atoms with Gasteiger partial charge in [-0.25, -0.2) is 0 Å². The van der Waals surface area contributed by atoms with Gasteiger partial charge in [0.1, 0.15) is 5.76 Å². The highest BCUT2D eigenvalue weighted by molar-refractivity contribution is 6.30. The Balaban J connectivity index is 1.71. The molecule has 5 nitrogen and oxygen atoms in total. The maximum atomic E-state index is 12.6. The fraction of sp³-hybridized carbons (Fsp3) is 0.500. The van der Waals surface area contributed by atoms with Crippen molar-refractivity contribution >= 4 is 17.5 Å². The van der Waals surface area contributed by atoms with Gasteiger partial charge in [0.05, 0.1) is 17.8 Å². The number of furan rings is 1. The second-order valence-corrected chi connectivity index (χ2v) is 6.11. The van der Waals surface area contributed by atoms with Gasteiger partial charge in [-0.3, -0.25) is 9.48 Å². The molecule has 1 fully saturated rings. The Morgan fingerprint density at radius 1 is 1.45 bits per heavy atom. The molecule has 0 unspecified atom stereocenters. The van der Waals surface area contributed by atoms with Crippen LogP contribution in [-0.2, 0) is 6.54 Å². The Morgan fingerprint density at radius 3 is 3.05 bits per heavy atom. The van der Waals surface area contributed by atoms with Gasteiger partial charge < -0.3 is 9.32 Å². The van der Waals surface area contributed by atoms with E-state index < -0.39 is 0 Å². The quantitative estimate of drug-likeness (QED) is 0.864. The van der Waals surface area contributed by atoms with Gasteiger partial charge in [0.15, 0.2) is 5.76 Å². The lowest BCUT2D eigenvalue weighted by atomic mass is 10.00. The minimum atomic E-state index is -0.00343. The van der Waals surface area contributed by atoms with Crippen LogP contribution in [0.1, 0.15) is 48.9 Å². The molecule has 1 atom stereocenters. The monoisotopic (exact) mass is 321 g/mol. The number of aromatic nitrogens is 2. The Hall–Kier alpha value is -1.75. The van der Waals surface area contributed by atoms with E-state index in [4.69, 9.17) is 16.0 Å². The summed E-state index contributed by atoms with van der Waals surface area (Å²) in [7, 11) is 0. The topological polar surface area (TPSA) is 51.3 Å². The summed E-state index contributed by atoms with van der Waals surface area (Å²) in [5.74, 6) is 1.11. The van der Waals surface area contributed by atoms with Crippen molar-refractivity contribution in [2.75, 3.05) is 6.54 Å². The molecule has 2 aromatic rings. The van der Waals surface area contributed by atoms with E-state index in [-0.39, 0.29) is 5.91 Å². The van der Waals surface area contributed by atoms with Gasteiger partial charge in [0, 0.05) is 18.8 Å². The maximum Gasteiger partial charge on any atom is 0.289 e. The third kappa shape index (κ3) is 3.19. The van der Waals surface area contributed by atoms with Crippen LogP contribution in [0.5, 0.6) is 0 Å². The molecule has 1 saturated heterocycles. The first-order valence-electron chi connectivity index (χ1n) is 7.75. The third-order valence-corrected chi connectivity index (χ3v) is 4.35. The van der Waals surface area contributed by atoms with Crippen LogP contribution >= 0.6 is 11.6 Å². The second-order valence-electron chi connectivity index (χ2n) is 5.68. The van der Waals surface area contributed by atoms with Crippen molar-refractivity contribution < 1.29 is 9.21 Å². The zero-order valence-corrected chi connectivity index (χ0v) is 13.4. The van der Waals surface area contributed by atoms with Crippen LogP contribution in [0.3, 0.4) is 0 Å². The Labute approximate surface area is 134 Å². The standard InChI is InChI=1S/C16H20ClN3O2/c1-2-13-5-3-4-8-20(13)16(21)15-7-6-14(22-15)11-19-10-12(17)9-18-19/h6-7,9-10,13H,2-5,8,11H2,1H3/t13-/m1/s1. The third-order valence-electron chi connectivity index (χ3n) is 4.15. The Kier molecular flexibility index (Phi) is 4.52. The zero-order chi connectivity index (χ0) is 15.5. The predicted octanol–water partition coefficient (Wildman–Crippen LogP) is 3.58. The average Bonchev–Trinajstić information content (AvgIpc) is 3.16. The molecule has 1 aliphatic rings. The van der Waals surface area contributed by atoms with Crippen molar-refractivity contribution in [2.24, 2.45) is 0 Å². The molecule has 0 spiro atoms. The highest BCUT2D eigenvalue weighted by Crippen LogP contribution is 2.22. The molecule has 118 valence electrons. The van der Waals surface area contributed by atoms with Gasteiger partial charge >= 0.3 is 0 Å². The summed E-state index contributed by atoms with van der Waals surface area (Å²) < 4.78 is 7.40. The van der Waals surface area contributed by atoms with Gasteiger partial charge in [0.25, 0.3) is 5.91 Å². The molecule has 0 radical (unpaired) electrons. The van der Waals surface area contributed by atoms with Gasteiger partial charge in [-0.05, 0) is 37.8 Å². The summed E-state index contributed by atoms with van der Waals surface area (Å²) in [5.41, 5.74) is 0. The van der Waals surface area contributed by atoms with Crippen LogP contribution in [0.25, 0.3) is 0 Å². The molecule has 2 aromatic heterocycles. The highest BCUT2D eigenvalue weighted by Gasteiger charge is 2.27. The van der Waals surface area contributed by atoms with Crippen molar-refractivity contribution in [3.8, 4) is 0 Å². The summed E-state index contributed by atoms with van der Waals surface area (Å²) in [6.45, 7) is 3.42. The number of piperidine rings is 1. The van der Waals surface area contributed by atoms with E-state index in [0.717, 1.165) is 25.8 Å². The van der Waals surface area contributed by atoms with Gasteiger partial charge in [-0.15, -0.1) is 0 Å². The summed E-state index contributed by atoms with van der Waals surface area (Å²) in [5, 5.41) is 4.69. The molecule has 0 N–H and O–H groups in total. The lowest BCUT2D eigenvalue weighted by molar-refractivity contribution is 0.0573. The summed E-state index contributed by atoms with van der Waals surface area (Å²) in [4.78, 5) is 14.6. The summed E-state index contributed by atoms with van der Waals surface area (Å²) in [6.07, 6.45) is 7.65. The SMILES string of the molecule is CC[C@@H]1CCCCN1C(=O)c1ccc(Cn2cc(Cl)cn2)o1. The van der Waals surface area contributed by atoms with Crippen molar-refractivity contribution in [3.05, 3.63) is 41.1 Å². The van der Waals surface area contributed by atoms with Crippen LogP contribution in [0.2, 0.25) is 5.02 Å². The molecule has 0 saturated carbocycles. The molecule has 1 amide bonds. The van der Waals surface area contributed by atoms with E-state index in [1.165, 1.54) is 6.42 Å². The molecule has 3 heterocycles. The number of likely N-dealkylation sites (tertiary alicyclic amines) is 1. The number of hydrogen-bond donors (Lipinski definition) is 0. The number of halogens is 1. The van der Waals surface area contributed by atoms with E-state index in [9.17, 15) is 4.79 Å². The lowest BCUT2D eigenvalue weighted by Gasteiger charge is -2.34. The minimum absolute atomic E-state index is 0.00343. The summed E-state index contributed by atoms with van der Waals surface area (Å²) in [6, 6.07) is 3.91. The Morgan fingerprint density at radius 2 is 2.32 bits per heavy atom. The number of nitrogens with zero attached hydrogens (tertiary/aromatic N) is 3. The molecule has 0 aromatic carbocycles. The number of amides is 1. The zero-order valence-electron chi connectivity index (χ0n) is 12.7. The van der Waals surface area contributed by atoms with Crippen LogP contribution in [0.4, 0.5) is 0 Å². The fourth-order valence-corrected chi connectivity index (χ4v) is 3.15. The average molecular weight is 322 g/mol. The highest BCUT2D eigenvalue weighted by atomic mass is 35.5. The van der Waals surface area contributed by atoms with Crippen LogP contribution < -0.4 is 0 Å². The summed E-state index contributed by atoms with van der Waals surface area (Å²) >= 11 is 5.84. The van der Waals surface area contributed by atoms with Crippen molar-refractivity contribution in [2.45, 2.75) is 45.2 Å². The van der Waals surface area contributed by atoms with Crippen LogP contribution in [-0.4, -0.2) is 33.2 Å². The number of rotatable bonds is 4. The second kappa shape index (κ2) is 6.57. The van der Waals surface area contributed by atoms with E-state index in [1.54, 1.807) is 23.1 Å². The maximum absolute atomic E-state index is 12.6. The smallest absolute Gasteiger partial charge is 0.289 e. The largest absolute Gasteiger partial charge is 0.454 e. The van der Waals surface area contributed by atoms with Gasteiger partial charge in [0.2, 0.25) is 0 Å². The number of carbonyl (C=O) groups is 1.